The van der Waals surface area contributed by atoms with Crippen LogP contribution >= 0.6 is 0 Å². The number of hydrogen-bond donors (Lipinski definition) is 1. The van der Waals surface area contributed by atoms with Crippen molar-refractivity contribution in [2.24, 2.45) is 11.8 Å². The lowest BCUT2D eigenvalue weighted by Crippen LogP contribution is -2.40. The van der Waals surface area contributed by atoms with Gasteiger partial charge in [0.25, 0.3) is 0 Å². The molecule has 1 rings (SSSR count). The van der Waals surface area contributed by atoms with Gasteiger partial charge in [0.1, 0.15) is 0 Å². The Balaban J connectivity index is 2.01. The van der Waals surface area contributed by atoms with Gasteiger partial charge in [-0.15, -0.1) is 0 Å². The van der Waals surface area contributed by atoms with E-state index in [4.69, 9.17) is 4.74 Å². The van der Waals surface area contributed by atoms with Crippen LogP contribution in [-0.2, 0) is 4.74 Å². The molecule has 0 aromatic carbocycles. The number of ether oxygens (including phenoxy) is 1. The van der Waals surface area contributed by atoms with Crippen LogP contribution in [0.1, 0.15) is 46.5 Å². The SMILES string of the molecule is COCC1CCN(CCNC(C)CCC(C)C)CC1. The van der Waals surface area contributed by atoms with Gasteiger partial charge in [0, 0.05) is 32.8 Å². The molecule has 3 nitrogen and oxygen atoms in total. The second-order valence-corrected chi connectivity index (χ2v) is 6.57. The fourth-order valence-corrected chi connectivity index (χ4v) is 2.77. The van der Waals surface area contributed by atoms with E-state index in [9.17, 15) is 0 Å². The summed E-state index contributed by atoms with van der Waals surface area (Å²) in [5, 5.41) is 3.66. The van der Waals surface area contributed by atoms with Crippen LogP contribution in [0.5, 0.6) is 0 Å². The van der Waals surface area contributed by atoms with Crippen molar-refractivity contribution in [3.63, 3.8) is 0 Å². The Morgan fingerprint density at radius 2 is 1.84 bits per heavy atom. The van der Waals surface area contributed by atoms with Crippen molar-refractivity contribution in [3.8, 4) is 0 Å². The molecule has 1 N–H and O–H groups in total. The highest BCUT2D eigenvalue weighted by atomic mass is 16.5. The molecule has 1 fully saturated rings. The largest absolute Gasteiger partial charge is 0.384 e. The van der Waals surface area contributed by atoms with Crippen molar-refractivity contribution in [2.75, 3.05) is 39.9 Å². The molecule has 1 heterocycles. The van der Waals surface area contributed by atoms with Gasteiger partial charge in [0.15, 0.2) is 0 Å². The minimum Gasteiger partial charge on any atom is -0.384 e. The Bertz CT molecular complexity index is 213. The lowest BCUT2D eigenvalue weighted by molar-refractivity contribution is 0.0995. The molecule has 114 valence electrons. The summed E-state index contributed by atoms with van der Waals surface area (Å²) in [6, 6.07) is 0.661. The van der Waals surface area contributed by atoms with Gasteiger partial charge in [-0.05, 0) is 57.5 Å². The zero-order valence-corrected chi connectivity index (χ0v) is 13.5. The average molecular weight is 270 g/mol. The van der Waals surface area contributed by atoms with Gasteiger partial charge in [-0.2, -0.15) is 0 Å². The summed E-state index contributed by atoms with van der Waals surface area (Å²) in [7, 11) is 1.81. The van der Waals surface area contributed by atoms with Gasteiger partial charge in [-0.25, -0.2) is 0 Å². The third kappa shape index (κ3) is 7.91. The fraction of sp³-hybridized carbons (Fsp3) is 1.00. The molecule has 0 bridgehead atoms. The third-order valence-corrected chi connectivity index (χ3v) is 4.21. The van der Waals surface area contributed by atoms with E-state index >= 15 is 0 Å². The molecular weight excluding hydrogens is 236 g/mol. The van der Waals surface area contributed by atoms with Gasteiger partial charge < -0.3 is 15.0 Å². The summed E-state index contributed by atoms with van der Waals surface area (Å²) in [4.78, 5) is 2.59. The zero-order valence-electron chi connectivity index (χ0n) is 13.5. The number of piperidine rings is 1. The molecule has 3 heteroatoms. The van der Waals surface area contributed by atoms with Crippen LogP contribution in [-0.4, -0.2) is 50.8 Å². The van der Waals surface area contributed by atoms with E-state index in [0.717, 1.165) is 25.0 Å². The number of rotatable bonds is 9. The molecule has 0 radical (unpaired) electrons. The second-order valence-electron chi connectivity index (χ2n) is 6.57. The van der Waals surface area contributed by atoms with E-state index in [1.165, 1.54) is 45.3 Å². The summed E-state index contributed by atoms with van der Waals surface area (Å²) >= 11 is 0. The summed E-state index contributed by atoms with van der Waals surface area (Å²) in [5.41, 5.74) is 0. The first-order valence-electron chi connectivity index (χ1n) is 8.06. The van der Waals surface area contributed by atoms with E-state index in [2.05, 4.69) is 31.0 Å². The van der Waals surface area contributed by atoms with Crippen LogP contribution in [0.3, 0.4) is 0 Å². The van der Waals surface area contributed by atoms with E-state index < -0.39 is 0 Å². The molecule has 0 aromatic heterocycles. The lowest BCUT2D eigenvalue weighted by Gasteiger charge is -2.31. The van der Waals surface area contributed by atoms with E-state index in [1.807, 2.05) is 7.11 Å². The Labute approximate surface area is 120 Å². The highest BCUT2D eigenvalue weighted by Gasteiger charge is 2.18. The third-order valence-electron chi connectivity index (χ3n) is 4.21. The van der Waals surface area contributed by atoms with Gasteiger partial charge in [0.05, 0.1) is 0 Å². The maximum absolute atomic E-state index is 5.24. The predicted octanol–water partition coefficient (Wildman–Crippen LogP) is 2.76. The van der Waals surface area contributed by atoms with Crippen molar-refractivity contribution in [2.45, 2.75) is 52.5 Å². The molecule has 1 aliphatic heterocycles. The summed E-state index contributed by atoms with van der Waals surface area (Å²) in [6.07, 6.45) is 5.23. The molecule has 19 heavy (non-hydrogen) atoms. The number of nitrogens with zero attached hydrogens (tertiary/aromatic N) is 1. The van der Waals surface area contributed by atoms with Crippen LogP contribution in [0.2, 0.25) is 0 Å². The number of hydrogen-bond acceptors (Lipinski definition) is 3. The van der Waals surface area contributed by atoms with E-state index in [1.54, 1.807) is 0 Å². The molecule has 0 saturated carbocycles. The number of methoxy groups -OCH3 is 1. The average Bonchev–Trinajstić information content (AvgIpc) is 2.39. The first-order chi connectivity index (χ1) is 9.11. The van der Waals surface area contributed by atoms with Crippen molar-refractivity contribution < 1.29 is 4.74 Å². The molecule has 0 aromatic rings. The van der Waals surface area contributed by atoms with Crippen molar-refractivity contribution in [1.29, 1.82) is 0 Å². The maximum Gasteiger partial charge on any atom is 0.0491 e. The maximum atomic E-state index is 5.24. The molecule has 1 saturated heterocycles. The summed E-state index contributed by atoms with van der Waals surface area (Å²) in [5.74, 6) is 1.61. The standard InChI is InChI=1S/C16H34N2O/c1-14(2)5-6-15(3)17-9-12-18-10-7-16(8-11-18)13-19-4/h14-17H,5-13H2,1-4H3. The molecular formula is C16H34N2O. The Morgan fingerprint density at radius 1 is 1.16 bits per heavy atom. The van der Waals surface area contributed by atoms with Crippen LogP contribution in [0.15, 0.2) is 0 Å². The van der Waals surface area contributed by atoms with E-state index in [-0.39, 0.29) is 0 Å². The highest BCUT2D eigenvalue weighted by molar-refractivity contribution is 4.73. The normalized spacial score (nSPS) is 20.1. The molecule has 0 amide bonds. The van der Waals surface area contributed by atoms with Gasteiger partial charge in [-0.1, -0.05) is 13.8 Å². The lowest BCUT2D eigenvalue weighted by atomic mass is 9.98. The van der Waals surface area contributed by atoms with Crippen LogP contribution in [0, 0.1) is 11.8 Å². The van der Waals surface area contributed by atoms with Crippen molar-refractivity contribution in [3.05, 3.63) is 0 Å². The van der Waals surface area contributed by atoms with Crippen LogP contribution in [0.4, 0.5) is 0 Å². The number of likely N-dealkylation sites (tertiary alicyclic amines) is 1. The van der Waals surface area contributed by atoms with Gasteiger partial charge in [-0.3, -0.25) is 0 Å². The van der Waals surface area contributed by atoms with Crippen LogP contribution in [0.25, 0.3) is 0 Å². The molecule has 1 atom stereocenters. The van der Waals surface area contributed by atoms with Gasteiger partial charge >= 0.3 is 0 Å². The second kappa shape index (κ2) is 9.73. The molecule has 1 unspecified atom stereocenters. The minimum absolute atomic E-state index is 0.661. The molecule has 0 aliphatic carbocycles. The monoisotopic (exact) mass is 270 g/mol. The first kappa shape index (κ1) is 16.9. The zero-order chi connectivity index (χ0) is 14.1. The highest BCUT2D eigenvalue weighted by Crippen LogP contribution is 2.16. The van der Waals surface area contributed by atoms with Gasteiger partial charge in [0.2, 0.25) is 0 Å². The quantitative estimate of drug-likeness (QED) is 0.697. The van der Waals surface area contributed by atoms with Crippen molar-refractivity contribution in [1.82, 2.24) is 10.2 Å². The van der Waals surface area contributed by atoms with Crippen molar-refractivity contribution >= 4 is 0 Å². The topological polar surface area (TPSA) is 24.5 Å². The fourth-order valence-electron chi connectivity index (χ4n) is 2.77. The number of nitrogens with one attached hydrogen (secondary N) is 1. The predicted molar refractivity (Wildman–Crippen MR) is 82.6 cm³/mol. The Kier molecular flexibility index (Phi) is 8.67. The Morgan fingerprint density at radius 3 is 2.42 bits per heavy atom. The smallest absolute Gasteiger partial charge is 0.0491 e. The Hall–Kier alpha value is -0.120. The summed E-state index contributed by atoms with van der Waals surface area (Å²) < 4.78 is 5.24. The van der Waals surface area contributed by atoms with E-state index in [0.29, 0.717) is 6.04 Å². The van der Waals surface area contributed by atoms with Crippen LogP contribution < -0.4 is 5.32 Å². The molecule has 1 aliphatic rings. The molecule has 0 spiro atoms. The minimum atomic E-state index is 0.661. The first-order valence-corrected chi connectivity index (χ1v) is 8.06. The summed E-state index contributed by atoms with van der Waals surface area (Å²) in [6.45, 7) is 12.7.